The SMILES string of the molecule is O=S(=O)=O.[CH2-]C(CC)NC(=O)C(C)CC.[Na+]. The molecule has 0 radical (unpaired) electrons. The van der Waals surface area contributed by atoms with Gasteiger partial charge >= 0.3 is 40.2 Å². The Kier molecular flexibility index (Phi) is 17.6. The molecular formula is C9H18NNaO4S. The Bertz CT molecular complexity index is 270. The summed E-state index contributed by atoms with van der Waals surface area (Å²) in [5, 5.41) is 2.83. The van der Waals surface area contributed by atoms with Gasteiger partial charge in [0.05, 0.1) is 0 Å². The molecular weight excluding hydrogens is 241 g/mol. The molecule has 0 aromatic carbocycles. The average molecular weight is 259 g/mol. The van der Waals surface area contributed by atoms with E-state index in [1.807, 2.05) is 20.8 Å². The molecule has 0 aliphatic heterocycles. The van der Waals surface area contributed by atoms with E-state index in [4.69, 9.17) is 12.6 Å². The summed E-state index contributed by atoms with van der Waals surface area (Å²) < 4.78 is 25.3. The molecule has 90 valence electrons. The number of carbonyl (C=O) groups excluding carboxylic acids is 1. The molecule has 5 nitrogen and oxygen atoms in total. The minimum absolute atomic E-state index is 0. The smallest absolute Gasteiger partial charge is 0.383 e. The first-order chi connectivity index (χ1) is 6.84. The Morgan fingerprint density at radius 1 is 1.25 bits per heavy atom. The van der Waals surface area contributed by atoms with Crippen LogP contribution in [0.3, 0.4) is 0 Å². The average Bonchev–Trinajstić information content (AvgIpc) is 2.15. The zero-order chi connectivity index (χ0) is 12.4. The summed E-state index contributed by atoms with van der Waals surface area (Å²) in [5.41, 5.74) is 0. The Balaban J connectivity index is -0.000000292. The molecule has 2 atom stereocenters. The summed E-state index contributed by atoms with van der Waals surface area (Å²) in [6, 6.07) is 0.0662. The number of carbonyl (C=O) groups is 1. The maximum atomic E-state index is 11.2. The van der Waals surface area contributed by atoms with Crippen molar-refractivity contribution in [3.8, 4) is 0 Å². The second-order valence-electron chi connectivity index (χ2n) is 3.13. The predicted molar refractivity (Wildman–Crippen MR) is 56.7 cm³/mol. The molecule has 0 bridgehead atoms. The van der Waals surface area contributed by atoms with E-state index in [0.717, 1.165) is 12.8 Å². The summed E-state index contributed by atoms with van der Waals surface area (Å²) in [4.78, 5) is 11.2. The van der Waals surface area contributed by atoms with Crippen LogP contribution in [0.4, 0.5) is 0 Å². The van der Waals surface area contributed by atoms with Crippen molar-refractivity contribution in [1.29, 1.82) is 0 Å². The van der Waals surface area contributed by atoms with Crippen LogP contribution < -0.4 is 34.9 Å². The van der Waals surface area contributed by atoms with Crippen molar-refractivity contribution >= 4 is 16.5 Å². The molecule has 0 aromatic rings. The molecule has 0 aliphatic carbocycles. The summed E-state index contributed by atoms with van der Waals surface area (Å²) in [5.74, 6) is 0.236. The van der Waals surface area contributed by atoms with Gasteiger partial charge in [-0.25, -0.2) is 0 Å². The maximum Gasteiger partial charge on any atom is 1.00 e. The van der Waals surface area contributed by atoms with Crippen LogP contribution in [-0.4, -0.2) is 24.6 Å². The fraction of sp³-hybridized carbons (Fsp3) is 0.778. The van der Waals surface area contributed by atoms with E-state index < -0.39 is 10.6 Å². The van der Waals surface area contributed by atoms with E-state index >= 15 is 0 Å². The first kappa shape index (κ1) is 21.4. The van der Waals surface area contributed by atoms with Gasteiger partial charge in [-0.2, -0.15) is 0 Å². The van der Waals surface area contributed by atoms with Crippen molar-refractivity contribution in [2.45, 2.75) is 39.7 Å². The van der Waals surface area contributed by atoms with Crippen LogP contribution in [0, 0.1) is 12.8 Å². The monoisotopic (exact) mass is 259 g/mol. The third kappa shape index (κ3) is 16.5. The molecule has 0 aliphatic rings. The number of rotatable bonds is 4. The molecule has 0 fully saturated rings. The van der Waals surface area contributed by atoms with Gasteiger partial charge in [-0.3, -0.25) is 4.79 Å². The van der Waals surface area contributed by atoms with Crippen molar-refractivity contribution in [2.75, 3.05) is 0 Å². The van der Waals surface area contributed by atoms with Crippen LogP contribution in [-0.2, 0) is 15.4 Å². The van der Waals surface area contributed by atoms with E-state index in [1.165, 1.54) is 0 Å². The van der Waals surface area contributed by atoms with Gasteiger partial charge in [0.15, 0.2) is 0 Å². The quantitative estimate of drug-likeness (QED) is 0.457. The molecule has 7 heteroatoms. The standard InChI is InChI=1S/C9H18NO.Na.O3S/c1-5-7(3)9(11)10-8(4)6-2;;1-4(2)3/h7-8H,4-6H2,1-3H3,(H,10,11);;/q-1;+1;. The Labute approximate surface area is 121 Å². The zero-order valence-electron chi connectivity index (χ0n) is 10.3. The molecule has 0 rings (SSSR count). The molecule has 16 heavy (non-hydrogen) atoms. The van der Waals surface area contributed by atoms with Gasteiger partial charge in [0.1, 0.15) is 0 Å². The Morgan fingerprint density at radius 2 is 1.62 bits per heavy atom. The topological polar surface area (TPSA) is 80.3 Å². The largest absolute Gasteiger partial charge is 1.00 e. The summed E-state index contributed by atoms with van der Waals surface area (Å²) >= 11 is 0. The van der Waals surface area contributed by atoms with Crippen LogP contribution >= 0.6 is 0 Å². The van der Waals surface area contributed by atoms with Crippen molar-refractivity contribution in [2.24, 2.45) is 5.92 Å². The molecule has 0 spiro atoms. The maximum absolute atomic E-state index is 11.2. The van der Waals surface area contributed by atoms with Gasteiger partial charge in [0.25, 0.3) is 0 Å². The summed E-state index contributed by atoms with van der Waals surface area (Å²) in [7, 11) is -3.11. The van der Waals surface area contributed by atoms with Gasteiger partial charge in [0, 0.05) is 5.92 Å². The second-order valence-corrected chi connectivity index (χ2v) is 3.54. The first-order valence-electron chi connectivity index (χ1n) is 4.75. The van der Waals surface area contributed by atoms with Crippen molar-refractivity contribution in [3.63, 3.8) is 0 Å². The molecule has 0 heterocycles. The van der Waals surface area contributed by atoms with Crippen LogP contribution in [0.15, 0.2) is 0 Å². The van der Waals surface area contributed by atoms with Crippen LogP contribution in [0.2, 0.25) is 0 Å². The Hall–Kier alpha value is 0.0900. The second kappa shape index (κ2) is 13.2. The summed E-state index contributed by atoms with van der Waals surface area (Å²) in [6.45, 7) is 9.73. The van der Waals surface area contributed by atoms with E-state index in [2.05, 4.69) is 12.2 Å². The van der Waals surface area contributed by atoms with Gasteiger partial charge in [-0.05, 0) is 6.42 Å². The summed E-state index contributed by atoms with van der Waals surface area (Å²) in [6.07, 6.45) is 1.78. The van der Waals surface area contributed by atoms with E-state index in [1.54, 1.807) is 0 Å². The molecule has 1 N–H and O–H groups in total. The van der Waals surface area contributed by atoms with Crippen LogP contribution in [0.1, 0.15) is 33.6 Å². The van der Waals surface area contributed by atoms with E-state index in [-0.39, 0.29) is 47.4 Å². The Morgan fingerprint density at radius 3 is 1.88 bits per heavy atom. The van der Waals surface area contributed by atoms with E-state index in [0.29, 0.717) is 0 Å². The third-order valence-corrected chi connectivity index (χ3v) is 1.90. The van der Waals surface area contributed by atoms with Crippen LogP contribution in [0.25, 0.3) is 0 Å². The minimum atomic E-state index is -3.11. The van der Waals surface area contributed by atoms with Gasteiger partial charge in [-0.15, -0.1) is 12.6 Å². The number of nitrogens with one attached hydrogen (secondary N) is 1. The number of hydrogen-bond acceptors (Lipinski definition) is 4. The normalized spacial score (nSPS) is 12.2. The molecule has 0 aromatic heterocycles. The van der Waals surface area contributed by atoms with E-state index in [9.17, 15) is 4.79 Å². The van der Waals surface area contributed by atoms with Crippen LogP contribution in [0.5, 0.6) is 0 Å². The fourth-order valence-corrected chi connectivity index (χ4v) is 0.631. The fourth-order valence-electron chi connectivity index (χ4n) is 0.631. The molecule has 1 amide bonds. The minimum Gasteiger partial charge on any atom is -0.383 e. The number of amides is 1. The van der Waals surface area contributed by atoms with Gasteiger partial charge in [-0.1, -0.05) is 33.2 Å². The van der Waals surface area contributed by atoms with Gasteiger partial charge in [0.2, 0.25) is 5.91 Å². The van der Waals surface area contributed by atoms with Crippen molar-refractivity contribution in [3.05, 3.63) is 6.92 Å². The molecule has 2 unspecified atom stereocenters. The zero-order valence-corrected chi connectivity index (χ0v) is 13.1. The first-order valence-corrected chi connectivity index (χ1v) is 5.75. The third-order valence-electron chi connectivity index (χ3n) is 1.90. The molecule has 0 saturated carbocycles. The predicted octanol–water partition coefficient (Wildman–Crippen LogP) is -2.24. The number of hydrogen-bond donors (Lipinski definition) is 1. The molecule has 0 saturated heterocycles. The van der Waals surface area contributed by atoms with Crippen molar-refractivity contribution < 1.29 is 47.0 Å². The van der Waals surface area contributed by atoms with Crippen molar-refractivity contribution in [1.82, 2.24) is 5.32 Å². The van der Waals surface area contributed by atoms with Gasteiger partial charge < -0.3 is 12.2 Å².